The second-order valence-corrected chi connectivity index (χ2v) is 5.42. The van der Waals surface area contributed by atoms with Crippen molar-refractivity contribution in [3.05, 3.63) is 0 Å². The molecule has 1 rings (SSSR count). The summed E-state index contributed by atoms with van der Waals surface area (Å²) in [6, 6.07) is 1.78. The van der Waals surface area contributed by atoms with E-state index >= 15 is 0 Å². The fraction of sp³-hybridized carbons (Fsp3) is 0.833. The highest BCUT2D eigenvalue weighted by Gasteiger charge is 2.22. The maximum atomic E-state index is 11.4. The van der Waals surface area contributed by atoms with Gasteiger partial charge in [-0.15, -0.1) is 0 Å². The van der Waals surface area contributed by atoms with Crippen molar-refractivity contribution in [2.75, 3.05) is 13.1 Å². The minimum Gasteiger partial charge on any atom is -0.444 e. The summed E-state index contributed by atoms with van der Waals surface area (Å²) in [7, 11) is 0. The molecule has 5 heteroatoms. The lowest BCUT2D eigenvalue weighted by atomic mass is 10.2. The first-order chi connectivity index (χ1) is 7.90. The van der Waals surface area contributed by atoms with Gasteiger partial charge < -0.3 is 15.4 Å². The van der Waals surface area contributed by atoms with Gasteiger partial charge in [-0.2, -0.15) is 5.26 Å². The Morgan fingerprint density at radius 1 is 1.53 bits per heavy atom. The molecule has 0 aliphatic heterocycles. The van der Waals surface area contributed by atoms with Crippen LogP contribution in [0.3, 0.4) is 0 Å². The van der Waals surface area contributed by atoms with Crippen molar-refractivity contribution < 1.29 is 9.53 Å². The molecule has 0 spiro atoms. The average molecular weight is 239 g/mol. The Morgan fingerprint density at radius 3 is 2.65 bits per heavy atom. The first kappa shape index (κ1) is 13.8. The lowest BCUT2D eigenvalue weighted by Crippen LogP contribution is -2.42. The molecule has 0 saturated heterocycles. The Bertz CT molecular complexity index is 300. The molecule has 1 aliphatic rings. The van der Waals surface area contributed by atoms with Crippen LogP contribution in [0.2, 0.25) is 0 Å². The van der Waals surface area contributed by atoms with Crippen molar-refractivity contribution in [3.63, 3.8) is 0 Å². The van der Waals surface area contributed by atoms with Crippen molar-refractivity contribution >= 4 is 6.09 Å². The van der Waals surface area contributed by atoms with Crippen LogP contribution in [0.15, 0.2) is 0 Å². The summed E-state index contributed by atoms with van der Waals surface area (Å²) in [6.07, 6.45) is 2.00. The molecule has 1 saturated carbocycles. The van der Waals surface area contributed by atoms with E-state index in [9.17, 15) is 4.79 Å². The molecule has 0 aromatic heterocycles. The number of hydrogen-bond acceptors (Lipinski definition) is 4. The Labute approximate surface area is 103 Å². The van der Waals surface area contributed by atoms with Crippen LogP contribution in [0.25, 0.3) is 0 Å². The summed E-state index contributed by atoms with van der Waals surface area (Å²) in [5.41, 5.74) is -0.506. The number of amides is 1. The molecule has 0 radical (unpaired) electrons. The van der Waals surface area contributed by atoms with Crippen molar-refractivity contribution in [2.24, 2.45) is 5.92 Å². The second-order valence-electron chi connectivity index (χ2n) is 5.42. The number of nitrogens with one attached hydrogen (secondary N) is 2. The highest BCUT2D eigenvalue weighted by Crippen LogP contribution is 2.27. The fourth-order valence-electron chi connectivity index (χ4n) is 1.29. The van der Waals surface area contributed by atoms with E-state index < -0.39 is 11.7 Å². The van der Waals surface area contributed by atoms with Crippen LogP contribution >= 0.6 is 0 Å². The monoisotopic (exact) mass is 239 g/mol. The third-order valence-electron chi connectivity index (χ3n) is 2.36. The van der Waals surface area contributed by atoms with Crippen LogP contribution in [0, 0.1) is 17.2 Å². The van der Waals surface area contributed by atoms with Gasteiger partial charge in [-0.3, -0.25) is 0 Å². The van der Waals surface area contributed by atoms with E-state index in [4.69, 9.17) is 10.00 Å². The van der Waals surface area contributed by atoms with Crippen LogP contribution in [0.1, 0.15) is 33.6 Å². The molecule has 0 bridgehead atoms. The zero-order valence-corrected chi connectivity index (χ0v) is 10.7. The molecule has 1 atom stereocenters. The molecule has 1 amide bonds. The quantitative estimate of drug-likeness (QED) is 0.760. The van der Waals surface area contributed by atoms with Crippen LogP contribution in [0.4, 0.5) is 4.79 Å². The summed E-state index contributed by atoms with van der Waals surface area (Å²) in [6.45, 7) is 6.55. The Hall–Kier alpha value is -1.28. The number of rotatable bonds is 5. The van der Waals surface area contributed by atoms with Crippen LogP contribution < -0.4 is 10.6 Å². The lowest BCUT2D eigenvalue weighted by molar-refractivity contribution is 0.0525. The zero-order valence-electron chi connectivity index (χ0n) is 10.7. The van der Waals surface area contributed by atoms with Crippen LogP contribution in [-0.2, 0) is 4.74 Å². The predicted octanol–water partition coefficient (Wildman–Crippen LogP) is 1.40. The molecule has 0 aromatic rings. The number of nitrogens with zero attached hydrogens (tertiary/aromatic N) is 1. The average Bonchev–Trinajstić information content (AvgIpc) is 2.99. The van der Waals surface area contributed by atoms with Gasteiger partial charge in [0.25, 0.3) is 0 Å². The van der Waals surface area contributed by atoms with Crippen LogP contribution in [-0.4, -0.2) is 30.8 Å². The molecule has 1 unspecified atom stereocenters. The fourth-order valence-corrected chi connectivity index (χ4v) is 1.29. The Kier molecular flexibility index (Phi) is 4.76. The van der Waals surface area contributed by atoms with Gasteiger partial charge in [-0.1, -0.05) is 0 Å². The maximum Gasteiger partial charge on any atom is 0.407 e. The van der Waals surface area contributed by atoms with Gasteiger partial charge in [-0.05, 0) is 46.1 Å². The van der Waals surface area contributed by atoms with Crippen LogP contribution in [0.5, 0.6) is 0 Å². The molecule has 5 nitrogen and oxygen atoms in total. The van der Waals surface area contributed by atoms with Gasteiger partial charge in [0.1, 0.15) is 11.6 Å². The van der Waals surface area contributed by atoms with E-state index in [2.05, 4.69) is 16.7 Å². The molecule has 0 heterocycles. The third-order valence-corrected chi connectivity index (χ3v) is 2.36. The summed E-state index contributed by atoms with van der Waals surface area (Å²) in [4.78, 5) is 11.4. The number of carbonyl (C=O) groups excluding carboxylic acids is 1. The van der Waals surface area contributed by atoms with Crippen molar-refractivity contribution in [2.45, 2.75) is 45.3 Å². The first-order valence-electron chi connectivity index (χ1n) is 6.00. The predicted molar refractivity (Wildman–Crippen MR) is 64.4 cm³/mol. The van der Waals surface area contributed by atoms with Crippen molar-refractivity contribution in [3.8, 4) is 6.07 Å². The Morgan fingerprint density at radius 2 is 2.18 bits per heavy atom. The Balaban J connectivity index is 2.17. The van der Waals surface area contributed by atoms with Crippen molar-refractivity contribution in [1.29, 1.82) is 5.26 Å². The molecule has 96 valence electrons. The molecule has 0 aromatic carbocycles. The van der Waals surface area contributed by atoms with Gasteiger partial charge in [-0.25, -0.2) is 4.79 Å². The molecule has 1 fully saturated rings. The topological polar surface area (TPSA) is 74.1 Å². The van der Waals surface area contributed by atoms with E-state index in [1.165, 1.54) is 12.8 Å². The van der Waals surface area contributed by atoms with Crippen molar-refractivity contribution in [1.82, 2.24) is 10.6 Å². The minimum atomic E-state index is -0.506. The van der Waals surface area contributed by atoms with E-state index in [0.717, 1.165) is 6.54 Å². The van der Waals surface area contributed by atoms with Gasteiger partial charge in [0.2, 0.25) is 0 Å². The SMILES string of the molecule is CC(C)(C)OC(=O)NCC(C#N)NCC1CC1. The maximum absolute atomic E-state index is 11.4. The highest BCUT2D eigenvalue weighted by molar-refractivity contribution is 5.67. The number of ether oxygens (including phenoxy) is 1. The molecular formula is C12H21N3O2. The lowest BCUT2D eigenvalue weighted by Gasteiger charge is -2.20. The van der Waals surface area contributed by atoms with E-state index in [0.29, 0.717) is 5.92 Å². The van der Waals surface area contributed by atoms with E-state index in [-0.39, 0.29) is 12.6 Å². The van der Waals surface area contributed by atoms with Gasteiger partial charge in [0, 0.05) is 6.54 Å². The molecular weight excluding hydrogens is 218 g/mol. The zero-order chi connectivity index (χ0) is 12.9. The highest BCUT2D eigenvalue weighted by atomic mass is 16.6. The van der Waals surface area contributed by atoms with Gasteiger partial charge in [0.15, 0.2) is 0 Å². The minimum absolute atomic E-state index is 0.276. The normalized spacial score (nSPS) is 17.1. The number of nitriles is 1. The van der Waals surface area contributed by atoms with E-state index in [1.54, 1.807) is 20.8 Å². The summed E-state index contributed by atoms with van der Waals surface area (Å²) in [5.74, 6) is 0.715. The second kappa shape index (κ2) is 5.87. The largest absolute Gasteiger partial charge is 0.444 e. The van der Waals surface area contributed by atoms with E-state index in [1.807, 2.05) is 0 Å². The molecule has 2 N–H and O–H groups in total. The summed E-state index contributed by atoms with van der Waals surface area (Å²) >= 11 is 0. The number of alkyl carbamates (subject to hydrolysis) is 1. The standard InChI is InChI=1S/C12H21N3O2/c1-12(2,3)17-11(16)15-8-10(6-13)14-7-9-4-5-9/h9-10,14H,4-5,7-8H2,1-3H3,(H,15,16). The van der Waals surface area contributed by atoms with Gasteiger partial charge >= 0.3 is 6.09 Å². The summed E-state index contributed by atoms with van der Waals surface area (Å²) < 4.78 is 5.08. The third kappa shape index (κ3) is 6.80. The molecule has 17 heavy (non-hydrogen) atoms. The smallest absolute Gasteiger partial charge is 0.407 e. The number of carbonyl (C=O) groups is 1. The molecule has 1 aliphatic carbocycles. The number of hydrogen-bond donors (Lipinski definition) is 2. The van der Waals surface area contributed by atoms with Gasteiger partial charge in [0.05, 0.1) is 6.07 Å². The first-order valence-corrected chi connectivity index (χ1v) is 6.00. The summed E-state index contributed by atoms with van der Waals surface area (Å²) in [5, 5.41) is 14.6.